The molecule has 2 rings (SSSR count). The van der Waals surface area contributed by atoms with Gasteiger partial charge in [-0.25, -0.2) is 0 Å². The van der Waals surface area contributed by atoms with E-state index in [1.54, 1.807) is 17.9 Å². The molecule has 1 aromatic heterocycles. The van der Waals surface area contributed by atoms with Crippen molar-refractivity contribution >= 4 is 21.7 Å². The van der Waals surface area contributed by atoms with Crippen LogP contribution in [-0.4, -0.2) is 28.3 Å². The molecule has 0 aliphatic carbocycles. The minimum atomic E-state index is -0.309. The quantitative estimate of drug-likeness (QED) is 0.772. The third kappa shape index (κ3) is 1.86. The summed E-state index contributed by atoms with van der Waals surface area (Å²) >= 11 is 3.33. The van der Waals surface area contributed by atoms with Crippen LogP contribution in [0.4, 0.5) is 0 Å². The highest BCUT2D eigenvalue weighted by Crippen LogP contribution is 2.26. The van der Waals surface area contributed by atoms with Crippen molar-refractivity contribution in [1.29, 1.82) is 0 Å². The number of hydrogen-bond acceptors (Lipinski definition) is 3. The molecule has 2 heterocycles. The van der Waals surface area contributed by atoms with Gasteiger partial charge < -0.3 is 4.74 Å². The molecule has 0 radical (unpaired) electrons. The second-order valence-electron chi connectivity index (χ2n) is 3.89. The molecule has 1 aliphatic heterocycles. The van der Waals surface area contributed by atoms with E-state index < -0.39 is 0 Å². The Morgan fingerprint density at radius 2 is 2.47 bits per heavy atom. The number of hydrogen-bond donors (Lipinski definition) is 0. The number of aryl methyl sites for hydroxylation is 1. The van der Waals surface area contributed by atoms with E-state index in [0.29, 0.717) is 18.2 Å². The average Bonchev–Trinajstić information content (AvgIpc) is 2.73. The molecule has 82 valence electrons. The van der Waals surface area contributed by atoms with Gasteiger partial charge in [-0.05, 0) is 28.3 Å². The molecular weight excluding hydrogens is 260 g/mol. The summed E-state index contributed by atoms with van der Waals surface area (Å²) in [5, 5.41) is 4.03. The van der Waals surface area contributed by atoms with Crippen LogP contribution in [0.1, 0.15) is 23.8 Å². The third-order valence-corrected chi connectivity index (χ3v) is 3.35. The van der Waals surface area contributed by atoms with E-state index in [4.69, 9.17) is 4.74 Å². The van der Waals surface area contributed by atoms with E-state index in [1.165, 1.54) is 0 Å². The molecule has 1 fully saturated rings. The van der Waals surface area contributed by atoms with Gasteiger partial charge in [0.2, 0.25) is 5.78 Å². The maximum atomic E-state index is 12.1. The lowest BCUT2D eigenvalue weighted by molar-refractivity contribution is 0.0569. The molecule has 5 heteroatoms. The van der Waals surface area contributed by atoms with E-state index in [0.717, 1.165) is 10.9 Å². The average molecular weight is 273 g/mol. The number of nitrogens with zero attached hydrogens (tertiary/aromatic N) is 2. The van der Waals surface area contributed by atoms with Crippen molar-refractivity contribution in [2.45, 2.75) is 19.4 Å². The Hall–Kier alpha value is -0.680. The summed E-state index contributed by atoms with van der Waals surface area (Å²) in [4.78, 5) is 12.1. The molecule has 0 saturated carbocycles. The Morgan fingerprint density at radius 3 is 2.93 bits per heavy atom. The monoisotopic (exact) mass is 272 g/mol. The summed E-state index contributed by atoms with van der Waals surface area (Å²) in [6.45, 7) is 2.72. The summed E-state index contributed by atoms with van der Waals surface area (Å²) in [6, 6.07) is 0. The molecule has 1 aromatic rings. The van der Waals surface area contributed by atoms with Crippen molar-refractivity contribution in [2.75, 3.05) is 6.61 Å². The highest BCUT2D eigenvalue weighted by atomic mass is 79.9. The zero-order valence-corrected chi connectivity index (χ0v) is 10.3. The number of carbonyl (C=O) groups is 1. The second-order valence-corrected chi connectivity index (χ2v) is 4.74. The Balaban J connectivity index is 2.28. The van der Waals surface area contributed by atoms with Crippen molar-refractivity contribution in [1.82, 2.24) is 9.78 Å². The fourth-order valence-electron chi connectivity index (χ4n) is 1.85. The molecule has 0 spiro atoms. The Labute approximate surface area is 96.7 Å². The lowest BCUT2D eigenvalue weighted by Gasteiger charge is -2.13. The Kier molecular flexibility index (Phi) is 2.93. The topological polar surface area (TPSA) is 44.1 Å². The van der Waals surface area contributed by atoms with Gasteiger partial charge in [-0.1, -0.05) is 6.92 Å². The first-order valence-electron chi connectivity index (χ1n) is 4.94. The van der Waals surface area contributed by atoms with Gasteiger partial charge in [-0.2, -0.15) is 5.10 Å². The predicted molar refractivity (Wildman–Crippen MR) is 58.8 cm³/mol. The van der Waals surface area contributed by atoms with E-state index in [-0.39, 0.29) is 11.9 Å². The van der Waals surface area contributed by atoms with Crippen LogP contribution in [0.5, 0.6) is 0 Å². The number of halogens is 1. The van der Waals surface area contributed by atoms with Gasteiger partial charge in [0.05, 0.1) is 10.7 Å². The molecule has 4 nitrogen and oxygen atoms in total. The summed E-state index contributed by atoms with van der Waals surface area (Å²) in [5.41, 5.74) is 0.591. The van der Waals surface area contributed by atoms with Crippen LogP contribution in [0.15, 0.2) is 10.7 Å². The Bertz CT molecular complexity index is 369. The first kappa shape index (κ1) is 10.8. The highest BCUT2D eigenvalue weighted by molar-refractivity contribution is 9.10. The molecule has 0 aromatic carbocycles. The molecule has 0 bridgehead atoms. The second kappa shape index (κ2) is 4.06. The zero-order chi connectivity index (χ0) is 11.0. The normalized spacial score (nSPS) is 25.8. The van der Waals surface area contributed by atoms with E-state index in [1.807, 2.05) is 6.92 Å². The van der Waals surface area contributed by atoms with Crippen LogP contribution >= 0.6 is 15.9 Å². The fraction of sp³-hybridized carbons (Fsp3) is 0.600. The largest absolute Gasteiger partial charge is 0.370 e. The van der Waals surface area contributed by atoms with Gasteiger partial charge in [-0.15, -0.1) is 0 Å². The van der Waals surface area contributed by atoms with Crippen LogP contribution in [0.25, 0.3) is 0 Å². The molecule has 15 heavy (non-hydrogen) atoms. The number of Topliss-reactive ketones (excluding diaryl/α,β-unsaturated/α-hetero) is 1. The third-order valence-electron chi connectivity index (χ3n) is 2.77. The van der Waals surface area contributed by atoms with Crippen LogP contribution in [0.2, 0.25) is 0 Å². The number of ether oxygens (including phenoxy) is 1. The number of ketones is 1. The van der Waals surface area contributed by atoms with Crippen molar-refractivity contribution in [3.05, 3.63) is 16.4 Å². The van der Waals surface area contributed by atoms with Crippen molar-refractivity contribution in [3.8, 4) is 0 Å². The van der Waals surface area contributed by atoms with Gasteiger partial charge in [0, 0.05) is 13.7 Å². The molecule has 0 amide bonds. The smallest absolute Gasteiger partial charge is 0.210 e. The van der Waals surface area contributed by atoms with Gasteiger partial charge in [0.15, 0.2) is 0 Å². The first-order chi connectivity index (χ1) is 7.11. The highest BCUT2D eigenvalue weighted by Gasteiger charge is 2.33. The first-order valence-corrected chi connectivity index (χ1v) is 5.74. The lowest BCUT2D eigenvalue weighted by Crippen LogP contribution is -2.27. The standard InChI is InChI=1S/C10H13BrN2O2/c1-6-3-4-15-10(6)9(14)8-7(11)5-12-13(8)2/h5-6,10H,3-4H2,1-2H3. The van der Waals surface area contributed by atoms with Crippen LogP contribution in [-0.2, 0) is 11.8 Å². The maximum Gasteiger partial charge on any atom is 0.210 e. The summed E-state index contributed by atoms with van der Waals surface area (Å²) in [7, 11) is 1.76. The fourth-order valence-corrected chi connectivity index (χ4v) is 2.40. The SMILES string of the molecule is CC1CCOC1C(=O)c1c(Br)cnn1C. The molecular formula is C10H13BrN2O2. The summed E-state index contributed by atoms with van der Waals surface area (Å²) in [6.07, 6.45) is 2.27. The molecule has 1 saturated heterocycles. The van der Waals surface area contributed by atoms with Gasteiger partial charge >= 0.3 is 0 Å². The molecule has 0 N–H and O–H groups in total. The van der Waals surface area contributed by atoms with Crippen LogP contribution in [0, 0.1) is 5.92 Å². The maximum absolute atomic E-state index is 12.1. The van der Waals surface area contributed by atoms with E-state index in [9.17, 15) is 4.79 Å². The van der Waals surface area contributed by atoms with Gasteiger partial charge in [0.25, 0.3) is 0 Å². The van der Waals surface area contributed by atoms with E-state index >= 15 is 0 Å². The number of aromatic nitrogens is 2. The predicted octanol–water partition coefficient (Wildman–Crippen LogP) is 1.79. The van der Waals surface area contributed by atoms with Crippen LogP contribution in [0.3, 0.4) is 0 Å². The van der Waals surface area contributed by atoms with Gasteiger partial charge in [-0.3, -0.25) is 9.48 Å². The van der Waals surface area contributed by atoms with Crippen molar-refractivity contribution in [3.63, 3.8) is 0 Å². The molecule has 1 aliphatic rings. The van der Waals surface area contributed by atoms with E-state index in [2.05, 4.69) is 21.0 Å². The van der Waals surface area contributed by atoms with Gasteiger partial charge in [0.1, 0.15) is 11.8 Å². The summed E-state index contributed by atoms with van der Waals surface area (Å²) in [5.74, 6) is 0.311. The minimum Gasteiger partial charge on any atom is -0.370 e. The summed E-state index contributed by atoms with van der Waals surface area (Å²) < 4.78 is 7.77. The van der Waals surface area contributed by atoms with Crippen molar-refractivity contribution in [2.24, 2.45) is 13.0 Å². The zero-order valence-electron chi connectivity index (χ0n) is 8.74. The molecule has 2 atom stereocenters. The number of rotatable bonds is 2. The minimum absolute atomic E-state index is 0.0203. The lowest BCUT2D eigenvalue weighted by atomic mass is 9.99. The van der Waals surface area contributed by atoms with Crippen molar-refractivity contribution < 1.29 is 9.53 Å². The molecule has 2 unspecified atom stereocenters. The number of carbonyl (C=O) groups excluding carboxylic acids is 1. The Morgan fingerprint density at radius 1 is 1.73 bits per heavy atom. The van der Waals surface area contributed by atoms with Crippen LogP contribution < -0.4 is 0 Å².